The van der Waals surface area contributed by atoms with Gasteiger partial charge in [0.2, 0.25) is 0 Å². The first kappa shape index (κ1) is 26.8. The number of carbonyl (C=O) groups excluding carboxylic acids is 2. The minimum absolute atomic E-state index is 0. The number of amides is 2. The van der Waals surface area contributed by atoms with E-state index in [-0.39, 0.29) is 34.9 Å². The standard InChI is InChI=1S/C23H15F4N5O2.ClH/c24-16-10-14(9-15(12-16)20(33)32-22(28)29)5-4-13-6-7-18(23(25,26)27)17(11-13)21(34)31-19-3-1-2-8-30-19;/h1-3,6-12H,(H,30,31,34)(H4,28,29,32,33);1H. The van der Waals surface area contributed by atoms with Crippen LogP contribution in [-0.4, -0.2) is 22.8 Å². The molecule has 0 aliphatic heterocycles. The number of guanidine groups is 1. The molecule has 2 aromatic carbocycles. The third kappa shape index (κ3) is 7.28. The van der Waals surface area contributed by atoms with E-state index in [1.807, 2.05) is 5.32 Å². The summed E-state index contributed by atoms with van der Waals surface area (Å²) in [5.74, 6) is 1.85. The van der Waals surface area contributed by atoms with Crippen LogP contribution in [-0.2, 0) is 6.18 Å². The van der Waals surface area contributed by atoms with E-state index in [0.29, 0.717) is 6.07 Å². The Morgan fingerprint density at radius 1 is 0.971 bits per heavy atom. The van der Waals surface area contributed by atoms with Crippen molar-refractivity contribution in [2.75, 3.05) is 5.32 Å². The highest BCUT2D eigenvalue weighted by Gasteiger charge is 2.35. The summed E-state index contributed by atoms with van der Waals surface area (Å²) >= 11 is 0. The van der Waals surface area contributed by atoms with E-state index in [1.54, 1.807) is 12.1 Å². The summed E-state index contributed by atoms with van der Waals surface area (Å²) in [5.41, 5.74) is 3.15. The molecular weight excluding hydrogens is 490 g/mol. The van der Waals surface area contributed by atoms with Gasteiger partial charge in [-0.05, 0) is 48.5 Å². The molecule has 0 aliphatic carbocycles. The second kappa shape index (κ2) is 11.1. The van der Waals surface area contributed by atoms with Crippen molar-refractivity contribution in [1.82, 2.24) is 10.3 Å². The summed E-state index contributed by atoms with van der Waals surface area (Å²) in [4.78, 5) is 28.3. The van der Waals surface area contributed by atoms with Gasteiger partial charge in [0.15, 0.2) is 5.96 Å². The molecule has 5 N–H and O–H groups in total. The van der Waals surface area contributed by atoms with Crippen molar-refractivity contribution in [2.45, 2.75) is 6.18 Å². The van der Waals surface area contributed by atoms with Crippen molar-refractivity contribution < 1.29 is 27.2 Å². The number of nitrogens with zero attached hydrogens (tertiary/aromatic N) is 1. The summed E-state index contributed by atoms with van der Waals surface area (Å²) in [5, 5.41) is 11.4. The number of rotatable bonds is 3. The van der Waals surface area contributed by atoms with Gasteiger partial charge in [-0.2, -0.15) is 13.2 Å². The van der Waals surface area contributed by atoms with Gasteiger partial charge >= 0.3 is 6.18 Å². The molecule has 7 nitrogen and oxygen atoms in total. The van der Waals surface area contributed by atoms with Crippen LogP contribution < -0.4 is 16.4 Å². The van der Waals surface area contributed by atoms with Crippen LogP contribution in [0.4, 0.5) is 23.4 Å². The summed E-state index contributed by atoms with van der Waals surface area (Å²) in [6, 6.07) is 10.4. The lowest BCUT2D eigenvalue weighted by Crippen LogP contribution is -2.35. The second-order valence-electron chi connectivity index (χ2n) is 6.77. The molecule has 180 valence electrons. The third-order valence-electron chi connectivity index (χ3n) is 4.24. The van der Waals surface area contributed by atoms with Crippen molar-refractivity contribution in [3.8, 4) is 11.8 Å². The predicted octanol–water partition coefficient (Wildman–Crippen LogP) is 3.94. The first-order valence-electron chi connectivity index (χ1n) is 9.44. The Bertz CT molecular complexity index is 1340. The van der Waals surface area contributed by atoms with E-state index in [2.05, 4.69) is 22.1 Å². The number of benzene rings is 2. The van der Waals surface area contributed by atoms with Gasteiger partial charge in [-0.1, -0.05) is 17.9 Å². The maximum atomic E-state index is 13.9. The highest BCUT2D eigenvalue weighted by Crippen LogP contribution is 2.32. The predicted molar refractivity (Wildman–Crippen MR) is 123 cm³/mol. The Hall–Kier alpha value is -4.43. The number of hydrogen-bond acceptors (Lipinski definition) is 4. The average Bonchev–Trinajstić information content (AvgIpc) is 2.76. The molecule has 0 saturated heterocycles. The summed E-state index contributed by atoms with van der Waals surface area (Å²) in [7, 11) is 0. The molecule has 1 heterocycles. The number of hydrogen-bond donors (Lipinski definition) is 4. The van der Waals surface area contributed by atoms with E-state index in [0.717, 1.165) is 24.3 Å². The second-order valence-corrected chi connectivity index (χ2v) is 6.77. The monoisotopic (exact) mass is 505 g/mol. The van der Waals surface area contributed by atoms with Crippen molar-refractivity contribution in [3.63, 3.8) is 0 Å². The third-order valence-corrected chi connectivity index (χ3v) is 4.24. The van der Waals surface area contributed by atoms with Gasteiger partial charge in [0.05, 0.1) is 11.1 Å². The number of aromatic nitrogens is 1. The SMILES string of the molecule is Cl.N=C(N)NC(=O)c1cc(F)cc(C#Cc2ccc(C(F)(F)F)c(C(=O)Nc3ccccn3)c2)c1. The Morgan fingerprint density at radius 2 is 1.69 bits per heavy atom. The van der Waals surface area contributed by atoms with Gasteiger partial charge < -0.3 is 11.1 Å². The highest BCUT2D eigenvalue weighted by atomic mass is 35.5. The molecule has 3 rings (SSSR count). The lowest BCUT2D eigenvalue weighted by Gasteiger charge is -2.13. The van der Waals surface area contributed by atoms with Crippen LogP contribution in [0.3, 0.4) is 0 Å². The lowest BCUT2D eigenvalue weighted by molar-refractivity contribution is -0.137. The minimum Gasteiger partial charge on any atom is -0.370 e. The molecule has 0 unspecified atom stereocenters. The number of halogens is 5. The Balaban J connectivity index is 0.00000432. The topological polar surface area (TPSA) is 121 Å². The molecule has 0 atom stereocenters. The van der Waals surface area contributed by atoms with Crippen molar-refractivity contribution >= 4 is 36.0 Å². The van der Waals surface area contributed by atoms with E-state index in [9.17, 15) is 27.2 Å². The largest absolute Gasteiger partial charge is 0.417 e. The van der Waals surface area contributed by atoms with Crippen LogP contribution >= 0.6 is 12.4 Å². The van der Waals surface area contributed by atoms with Crippen LogP contribution in [0.5, 0.6) is 0 Å². The maximum absolute atomic E-state index is 13.9. The molecule has 0 aliphatic rings. The van der Waals surface area contributed by atoms with Crippen LogP contribution in [0.2, 0.25) is 0 Å². The minimum atomic E-state index is -4.80. The van der Waals surface area contributed by atoms with E-state index in [1.165, 1.54) is 18.3 Å². The molecule has 3 aromatic rings. The van der Waals surface area contributed by atoms with E-state index in [4.69, 9.17) is 11.1 Å². The average molecular weight is 506 g/mol. The summed E-state index contributed by atoms with van der Waals surface area (Å²) in [6.45, 7) is 0. The van der Waals surface area contributed by atoms with Crippen LogP contribution in [0.15, 0.2) is 60.8 Å². The smallest absolute Gasteiger partial charge is 0.370 e. The van der Waals surface area contributed by atoms with Crippen molar-refractivity contribution in [2.24, 2.45) is 5.73 Å². The quantitative estimate of drug-likeness (QED) is 0.186. The molecule has 35 heavy (non-hydrogen) atoms. The molecule has 0 radical (unpaired) electrons. The van der Waals surface area contributed by atoms with Gasteiger partial charge in [0.25, 0.3) is 11.8 Å². The normalized spacial score (nSPS) is 10.3. The molecule has 1 aromatic heterocycles. The summed E-state index contributed by atoms with van der Waals surface area (Å²) in [6.07, 6.45) is -3.43. The first-order chi connectivity index (χ1) is 16.0. The Kier molecular flexibility index (Phi) is 8.53. The van der Waals surface area contributed by atoms with Crippen molar-refractivity contribution in [3.05, 3.63) is 94.4 Å². The van der Waals surface area contributed by atoms with Gasteiger partial charge in [-0.25, -0.2) is 9.37 Å². The zero-order valence-electron chi connectivity index (χ0n) is 17.5. The fraction of sp³-hybridized carbons (Fsp3) is 0.0435. The fourth-order valence-corrected chi connectivity index (χ4v) is 2.81. The number of nitrogens with one attached hydrogen (secondary N) is 3. The lowest BCUT2D eigenvalue weighted by atomic mass is 10.0. The van der Waals surface area contributed by atoms with Crippen molar-refractivity contribution in [1.29, 1.82) is 5.41 Å². The number of alkyl halides is 3. The molecular formula is C23H16ClF4N5O2. The van der Waals surface area contributed by atoms with Gasteiger partial charge in [-0.15, -0.1) is 12.4 Å². The zero-order valence-corrected chi connectivity index (χ0v) is 18.4. The zero-order chi connectivity index (χ0) is 24.9. The van der Waals surface area contributed by atoms with Gasteiger partial charge in [0, 0.05) is 22.9 Å². The van der Waals surface area contributed by atoms with Crippen LogP contribution in [0, 0.1) is 23.1 Å². The summed E-state index contributed by atoms with van der Waals surface area (Å²) < 4.78 is 54.2. The van der Waals surface area contributed by atoms with E-state index >= 15 is 0 Å². The molecule has 0 fully saturated rings. The van der Waals surface area contributed by atoms with Gasteiger partial charge in [0.1, 0.15) is 11.6 Å². The molecule has 0 bridgehead atoms. The molecule has 12 heteroatoms. The Morgan fingerprint density at radius 3 is 2.31 bits per heavy atom. The molecule has 0 spiro atoms. The number of pyridine rings is 1. The highest BCUT2D eigenvalue weighted by molar-refractivity contribution is 6.05. The molecule has 2 amide bonds. The van der Waals surface area contributed by atoms with Gasteiger partial charge in [-0.3, -0.25) is 20.3 Å². The van der Waals surface area contributed by atoms with Crippen LogP contribution in [0.1, 0.15) is 37.4 Å². The Labute approximate surface area is 202 Å². The maximum Gasteiger partial charge on any atom is 0.417 e. The first-order valence-corrected chi connectivity index (χ1v) is 9.44. The number of anilines is 1. The number of nitrogens with two attached hydrogens (primary N) is 1. The number of carbonyl (C=O) groups is 2. The van der Waals surface area contributed by atoms with Crippen LogP contribution in [0.25, 0.3) is 0 Å². The molecule has 0 saturated carbocycles. The van der Waals surface area contributed by atoms with E-state index < -0.39 is 40.9 Å². The fourth-order valence-electron chi connectivity index (χ4n) is 2.81.